The van der Waals surface area contributed by atoms with Crippen LogP contribution in [0.25, 0.3) is 11.6 Å². The summed E-state index contributed by atoms with van der Waals surface area (Å²) in [5.41, 5.74) is 5.64. The molecule has 0 spiro atoms. The summed E-state index contributed by atoms with van der Waals surface area (Å²) in [5, 5.41) is 0.752. The smallest absolute Gasteiger partial charge is 0.266 e. The zero-order chi connectivity index (χ0) is 26.7. The molecule has 7 heteroatoms. The number of amides is 1. The number of benzene rings is 2. The summed E-state index contributed by atoms with van der Waals surface area (Å²) in [4.78, 5) is 25.9. The number of carbonyl (C=O) groups excluding carboxylic acids is 1. The minimum absolute atomic E-state index is 0.0202. The maximum atomic E-state index is 13.6. The Morgan fingerprint density at radius 2 is 1.84 bits per heavy atom. The third-order valence-electron chi connectivity index (χ3n) is 7.44. The number of rotatable bonds is 7. The molecule has 0 aromatic heterocycles. The number of fused-ring (bicyclic) bond motifs is 1. The van der Waals surface area contributed by atoms with Crippen molar-refractivity contribution in [3.8, 4) is 0 Å². The molecule has 0 saturated carbocycles. The third-order valence-corrected chi connectivity index (χ3v) is 8.45. The maximum Gasteiger partial charge on any atom is 0.266 e. The van der Waals surface area contributed by atoms with Gasteiger partial charge in [-0.15, -0.1) is 0 Å². The van der Waals surface area contributed by atoms with Crippen LogP contribution in [0.3, 0.4) is 0 Å². The number of nitrogens with zero attached hydrogens (tertiary/aromatic N) is 4. The van der Waals surface area contributed by atoms with E-state index in [9.17, 15) is 4.79 Å². The van der Waals surface area contributed by atoms with E-state index < -0.39 is 0 Å². The predicted molar refractivity (Wildman–Crippen MR) is 160 cm³/mol. The van der Waals surface area contributed by atoms with Crippen molar-refractivity contribution in [1.82, 2.24) is 9.80 Å². The Kier molecular flexibility index (Phi) is 8.07. The van der Waals surface area contributed by atoms with Crippen LogP contribution in [0.2, 0.25) is 0 Å². The molecule has 2 aromatic rings. The summed E-state index contributed by atoms with van der Waals surface area (Å²) in [5.74, 6) is 0.0351. The molecule has 0 atom stereocenters. The first-order chi connectivity index (χ1) is 18.4. The van der Waals surface area contributed by atoms with Gasteiger partial charge in [0.1, 0.15) is 0 Å². The molecule has 6 nitrogen and oxygen atoms in total. The molecule has 0 unspecified atom stereocenters. The lowest BCUT2D eigenvalue weighted by atomic mass is 9.88. The first-order valence-electron chi connectivity index (χ1n) is 13.6. The van der Waals surface area contributed by atoms with E-state index in [1.165, 1.54) is 28.6 Å². The molecular formula is C31H38N4O2S. The lowest BCUT2D eigenvalue weighted by Gasteiger charge is -2.42. The highest BCUT2D eigenvalue weighted by molar-refractivity contribution is 8.18. The van der Waals surface area contributed by atoms with Gasteiger partial charge >= 0.3 is 0 Å². The molecule has 2 fully saturated rings. The largest absolute Gasteiger partial charge is 0.379 e. The molecule has 0 radical (unpaired) electrons. The van der Waals surface area contributed by atoms with Gasteiger partial charge in [-0.25, -0.2) is 4.99 Å². The lowest BCUT2D eigenvalue weighted by molar-refractivity contribution is -0.122. The third kappa shape index (κ3) is 5.75. The van der Waals surface area contributed by atoms with Crippen LogP contribution >= 0.6 is 11.8 Å². The topological polar surface area (TPSA) is 48.4 Å². The Morgan fingerprint density at radius 3 is 2.58 bits per heavy atom. The second-order valence-electron chi connectivity index (χ2n) is 10.6. The SMILES string of the molecule is CCN1c2ccc(/C=C3/SC(=Nc4ccccc4)N(CCCN4CCOCC4)C3=O)cc2C(C)=CC1(C)C. The van der Waals surface area contributed by atoms with Crippen molar-refractivity contribution in [2.45, 2.75) is 39.7 Å². The predicted octanol–water partition coefficient (Wildman–Crippen LogP) is 6.03. The van der Waals surface area contributed by atoms with Gasteiger partial charge in [0.2, 0.25) is 0 Å². The summed E-state index contributed by atoms with van der Waals surface area (Å²) in [6.45, 7) is 14.9. The molecule has 38 heavy (non-hydrogen) atoms. The Morgan fingerprint density at radius 1 is 1.08 bits per heavy atom. The molecule has 200 valence electrons. The number of para-hydroxylation sites is 1. The van der Waals surface area contributed by atoms with Gasteiger partial charge in [-0.05, 0) is 87.4 Å². The van der Waals surface area contributed by atoms with Crippen molar-refractivity contribution < 1.29 is 9.53 Å². The van der Waals surface area contributed by atoms with Crippen LogP contribution in [0.5, 0.6) is 0 Å². The second-order valence-corrected chi connectivity index (χ2v) is 11.6. The molecule has 3 aliphatic heterocycles. The molecule has 2 aromatic carbocycles. The van der Waals surface area contributed by atoms with E-state index >= 15 is 0 Å². The van der Waals surface area contributed by atoms with Crippen LogP contribution in [0.15, 0.2) is 64.5 Å². The van der Waals surface area contributed by atoms with Crippen LogP contribution in [-0.2, 0) is 9.53 Å². The molecule has 5 rings (SSSR count). The van der Waals surface area contributed by atoms with E-state index in [0.29, 0.717) is 6.54 Å². The fraction of sp³-hybridized carbons (Fsp3) is 0.419. The average Bonchev–Trinajstić information content (AvgIpc) is 3.19. The minimum Gasteiger partial charge on any atom is -0.379 e. The fourth-order valence-electron chi connectivity index (χ4n) is 5.60. The van der Waals surface area contributed by atoms with Crippen molar-refractivity contribution >= 4 is 45.9 Å². The Hall–Kier alpha value is -2.87. The van der Waals surface area contributed by atoms with Crippen molar-refractivity contribution in [1.29, 1.82) is 0 Å². The van der Waals surface area contributed by atoms with E-state index in [-0.39, 0.29) is 11.4 Å². The number of allylic oxidation sites excluding steroid dienone is 1. The number of morpholine rings is 1. The van der Waals surface area contributed by atoms with Crippen LogP contribution < -0.4 is 4.90 Å². The van der Waals surface area contributed by atoms with E-state index in [2.05, 4.69) is 61.8 Å². The van der Waals surface area contributed by atoms with E-state index in [1.807, 2.05) is 41.3 Å². The Labute approximate surface area is 231 Å². The molecule has 0 bridgehead atoms. The average molecular weight is 531 g/mol. The molecule has 0 aliphatic carbocycles. The maximum absolute atomic E-state index is 13.6. The molecular weight excluding hydrogens is 492 g/mol. The monoisotopic (exact) mass is 530 g/mol. The number of ether oxygens (including phenoxy) is 1. The van der Waals surface area contributed by atoms with Gasteiger partial charge < -0.3 is 9.64 Å². The number of aliphatic imine (C=N–C) groups is 1. The summed E-state index contributed by atoms with van der Waals surface area (Å²) in [7, 11) is 0. The minimum atomic E-state index is -0.0202. The van der Waals surface area contributed by atoms with Crippen molar-refractivity contribution in [2.75, 3.05) is 50.8 Å². The molecule has 2 saturated heterocycles. The number of amidine groups is 1. The zero-order valence-electron chi connectivity index (χ0n) is 22.9. The number of hydrogen-bond acceptors (Lipinski definition) is 6. The molecule has 3 aliphatic rings. The van der Waals surface area contributed by atoms with Crippen LogP contribution in [-0.4, -0.2) is 72.4 Å². The molecule has 0 N–H and O–H groups in total. The Balaban J connectivity index is 1.40. The summed E-state index contributed by atoms with van der Waals surface area (Å²) >= 11 is 1.47. The number of hydrogen-bond donors (Lipinski definition) is 0. The highest BCUT2D eigenvalue weighted by Gasteiger charge is 2.34. The highest BCUT2D eigenvalue weighted by atomic mass is 32.2. The van der Waals surface area contributed by atoms with E-state index in [1.54, 1.807) is 0 Å². The van der Waals surface area contributed by atoms with Gasteiger partial charge in [-0.1, -0.05) is 30.3 Å². The van der Waals surface area contributed by atoms with Crippen LogP contribution in [0.4, 0.5) is 11.4 Å². The normalized spacial score (nSPS) is 21.8. The van der Waals surface area contributed by atoms with Crippen LogP contribution in [0, 0.1) is 0 Å². The summed E-state index contributed by atoms with van der Waals surface area (Å²) in [6, 6.07) is 16.4. The van der Waals surface area contributed by atoms with Crippen molar-refractivity contribution in [3.63, 3.8) is 0 Å². The number of thioether (sulfide) groups is 1. The lowest BCUT2D eigenvalue weighted by Crippen LogP contribution is -2.44. The van der Waals surface area contributed by atoms with Gasteiger partial charge in [-0.2, -0.15) is 0 Å². The first-order valence-corrected chi connectivity index (χ1v) is 14.4. The standard InChI is InChI=1S/C31H38N4O2S/c1-5-35-27-13-12-24(20-26(27)23(2)22-31(35,3)4)21-28-29(36)34(15-9-14-33-16-18-37-19-17-33)30(38-28)32-25-10-7-6-8-11-25/h6-8,10-13,20-22H,5,9,14-19H2,1-4H3/b28-21+,32-30?. The fourth-order valence-corrected chi connectivity index (χ4v) is 6.62. The highest BCUT2D eigenvalue weighted by Crippen LogP contribution is 2.40. The molecule has 3 heterocycles. The van der Waals surface area contributed by atoms with Crippen molar-refractivity contribution in [3.05, 3.63) is 70.6 Å². The van der Waals surface area contributed by atoms with Crippen molar-refractivity contribution in [2.24, 2.45) is 4.99 Å². The number of anilines is 1. The van der Waals surface area contributed by atoms with Gasteiger partial charge in [-0.3, -0.25) is 14.6 Å². The van der Waals surface area contributed by atoms with Gasteiger partial charge in [0.25, 0.3) is 5.91 Å². The van der Waals surface area contributed by atoms with Crippen LogP contribution in [0.1, 0.15) is 45.2 Å². The second kappa shape index (κ2) is 11.5. The van der Waals surface area contributed by atoms with E-state index in [0.717, 1.165) is 67.1 Å². The molecule has 1 amide bonds. The van der Waals surface area contributed by atoms with E-state index in [4.69, 9.17) is 9.73 Å². The quantitative estimate of drug-likeness (QED) is 0.409. The zero-order valence-corrected chi connectivity index (χ0v) is 23.8. The van der Waals surface area contributed by atoms with Gasteiger partial charge in [0.15, 0.2) is 5.17 Å². The number of carbonyl (C=O) groups is 1. The van der Waals surface area contributed by atoms with Gasteiger partial charge in [0, 0.05) is 44.0 Å². The number of likely N-dealkylation sites (N-methyl/N-ethyl adjacent to an activating group) is 1. The summed E-state index contributed by atoms with van der Waals surface area (Å²) in [6.07, 6.45) is 5.27. The Bertz CT molecular complexity index is 1260. The summed E-state index contributed by atoms with van der Waals surface area (Å²) < 4.78 is 5.47. The first kappa shape index (κ1) is 26.7. The van der Waals surface area contributed by atoms with Gasteiger partial charge in [0.05, 0.1) is 29.3 Å².